The quantitative estimate of drug-likeness (QED) is 0.838. The number of rotatable bonds is 5. The van der Waals surface area contributed by atoms with Gasteiger partial charge in [-0.2, -0.15) is 0 Å². The third-order valence-corrected chi connectivity index (χ3v) is 5.03. The Balaban J connectivity index is 1.83. The van der Waals surface area contributed by atoms with Gasteiger partial charge in [-0.15, -0.1) is 23.1 Å². The average Bonchev–Trinajstić information content (AvgIpc) is 2.72. The predicted molar refractivity (Wildman–Crippen MR) is 83.4 cm³/mol. The SMILES string of the molecule is Cc1csc(CC(N)CSc2cccc(Br)c2)n1. The molecule has 0 bridgehead atoms. The van der Waals surface area contributed by atoms with Crippen molar-refractivity contribution in [2.75, 3.05) is 5.75 Å². The number of aryl methyl sites for hydroxylation is 1. The molecule has 2 aromatic rings. The number of thioether (sulfide) groups is 1. The van der Waals surface area contributed by atoms with Crippen molar-refractivity contribution in [2.24, 2.45) is 5.73 Å². The van der Waals surface area contributed by atoms with Crippen LogP contribution in [0.4, 0.5) is 0 Å². The molecule has 2 nitrogen and oxygen atoms in total. The molecular weight excluding hydrogens is 328 g/mol. The first-order valence-electron chi connectivity index (χ1n) is 5.68. The van der Waals surface area contributed by atoms with Crippen molar-refractivity contribution < 1.29 is 0 Å². The van der Waals surface area contributed by atoms with Crippen LogP contribution in [0.25, 0.3) is 0 Å². The normalized spacial score (nSPS) is 12.6. The van der Waals surface area contributed by atoms with E-state index in [9.17, 15) is 0 Å². The number of thiazole rings is 1. The Kier molecular flexibility index (Phi) is 5.24. The molecule has 0 amide bonds. The minimum Gasteiger partial charge on any atom is -0.327 e. The Hall–Kier alpha value is -0.360. The highest BCUT2D eigenvalue weighted by atomic mass is 79.9. The number of nitrogens with two attached hydrogens (primary N) is 1. The van der Waals surface area contributed by atoms with Gasteiger partial charge in [0.1, 0.15) is 0 Å². The van der Waals surface area contributed by atoms with E-state index in [0.29, 0.717) is 0 Å². The Labute approximate surface area is 124 Å². The molecule has 2 N–H and O–H groups in total. The lowest BCUT2D eigenvalue weighted by molar-refractivity contribution is 0.743. The fraction of sp³-hybridized carbons (Fsp3) is 0.308. The van der Waals surface area contributed by atoms with Crippen LogP contribution in [0.2, 0.25) is 0 Å². The molecule has 0 fully saturated rings. The van der Waals surface area contributed by atoms with Crippen LogP contribution in [0, 0.1) is 6.92 Å². The van der Waals surface area contributed by atoms with Gasteiger partial charge < -0.3 is 5.73 Å². The van der Waals surface area contributed by atoms with Crippen LogP contribution >= 0.6 is 39.0 Å². The second kappa shape index (κ2) is 6.70. The summed E-state index contributed by atoms with van der Waals surface area (Å²) in [6.07, 6.45) is 0.861. The summed E-state index contributed by atoms with van der Waals surface area (Å²) in [6.45, 7) is 2.02. The number of hydrogen-bond acceptors (Lipinski definition) is 4. The summed E-state index contributed by atoms with van der Waals surface area (Å²) >= 11 is 6.96. The summed E-state index contributed by atoms with van der Waals surface area (Å²) in [4.78, 5) is 5.69. The predicted octanol–water partition coefficient (Wildman–Crippen LogP) is 3.88. The van der Waals surface area contributed by atoms with Crippen LogP contribution in [0.5, 0.6) is 0 Å². The highest BCUT2D eigenvalue weighted by Crippen LogP contribution is 2.23. The van der Waals surface area contributed by atoms with Gasteiger partial charge in [-0.05, 0) is 25.1 Å². The molecule has 0 radical (unpaired) electrons. The minimum absolute atomic E-state index is 0.152. The van der Waals surface area contributed by atoms with Gasteiger partial charge in [0, 0.05) is 38.7 Å². The van der Waals surface area contributed by atoms with E-state index in [4.69, 9.17) is 5.73 Å². The van der Waals surface area contributed by atoms with Gasteiger partial charge in [0.25, 0.3) is 0 Å². The average molecular weight is 343 g/mol. The van der Waals surface area contributed by atoms with Crippen LogP contribution in [-0.2, 0) is 6.42 Å². The molecular formula is C13H15BrN2S2. The molecule has 5 heteroatoms. The highest BCUT2D eigenvalue weighted by Gasteiger charge is 2.08. The Morgan fingerprint density at radius 2 is 2.33 bits per heavy atom. The van der Waals surface area contributed by atoms with E-state index < -0.39 is 0 Å². The third-order valence-electron chi connectivity index (χ3n) is 2.36. The van der Waals surface area contributed by atoms with E-state index in [1.807, 2.05) is 19.1 Å². The maximum atomic E-state index is 6.13. The second-order valence-electron chi connectivity index (χ2n) is 4.12. The third kappa shape index (κ3) is 4.39. The first-order chi connectivity index (χ1) is 8.63. The van der Waals surface area contributed by atoms with Crippen LogP contribution < -0.4 is 5.73 Å². The van der Waals surface area contributed by atoms with Gasteiger partial charge in [0.15, 0.2) is 0 Å². The van der Waals surface area contributed by atoms with E-state index in [-0.39, 0.29) is 6.04 Å². The van der Waals surface area contributed by atoms with E-state index in [1.54, 1.807) is 23.1 Å². The number of hydrogen-bond donors (Lipinski definition) is 1. The summed E-state index contributed by atoms with van der Waals surface area (Å²) in [5, 5.41) is 3.21. The molecule has 96 valence electrons. The summed E-state index contributed by atoms with van der Waals surface area (Å²) in [6, 6.07) is 8.45. The number of nitrogens with zero attached hydrogens (tertiary/aromatic N) is 1. The molecule has 18 heavy (non-hydrogen) atoms. The molecule has 2 rings (SSSR count). The largest absolute Gasteiger partial charge is 0.327 e. The number of benzene rings is 1. The van der Waals surface area contributed by atoms with Crippen molar-refractivity contribution in [3.63, 3.8) is 0 Å². The number of aromatic nitrogens is 1. The van der Waals surface area contributed by atoms with Crippen molar-refractivity contribution in [1.29, 1.82) is 0 Å². The molecule has 0 saturated carbocycles. The van der Waals surface area contributed by atoms with Gasteiger partial charge in [0.05, 0.1) is 5.01 Å². The van der Waals surface area contributed by atoms with Crippen LogP contribution in [0.3, 0.4) is 0 Å². The molecule has 0 saturated heterocycles. The lowest BCUT2D eigenvalue weighted by Gasteiger charge is -2.09. The van der Waals surface area contributed by atoms with Crippen molar-refractivity contribution in [3.05, 3.63) is 44.8 Å². The smallest absolute Gasteiger partial charge is 0.0943 e. The monoisotopic (exact) mass is 342 g/mol. The summed E-state index contributed by atoms with van der Waals surface area (Å²) in [5.74, 6) is 0.912. The molecule has 0 spiro atoms. The first-order valence-corrected chi connectivity index (χ1v) is 8.34. The molecule has 0 aliphatic heterocycles. The molecule has 0 aliphatic carbocycles. The van der Waals surface area contributed by atoms with Crippen molar-refractivity contribution in [3.8, 4) is 0 Å². The van der Waals surface area contributed by atoms with E-state index in [2.05, 4.69) is 38.4 Å². The summed E-state index contributed by atoms with van der Waals surface area (Å²) in [5.41, 5.74) is 7.22. The topological polar surface area (TPSA) is 38.9 Å². The summed E-state index contributed by atoms with van der Waals surface area (Å²) < 4.78 is 1.11. The van der Waals surface area contributed by atoms with E-state index in [0.717, 1.165) is 27.3 Å². The molecule has 1 atom stereocenters. The van der Waals surface area contributed by atoms with Crippen LogP contribution in [0.15, 0.2) is 39.0 Å². The maximum Gasteiger partial charge on any atom is 0.0943 e. The fourth-order valence-electron chi connectivity index (χ4n) is 1.54. The van der Waals surface area contributed by atoms with Crippen LogP contribution in [0.1, 0.15) is 10.7 Å². The highest BCUT2D eigenvalue weighted by molar-refractivity contribution is 9.10. The van der Waals surface area contributed by atoms with Crippen LogP contribution in [-0.4, -0.2) is 16.8 Å². The molecule has 0 aliphatic rings. The lowest BCUT2D eigenvalue weighted by atomic mass is 10.3. The van der Waals surface area contributed by atoms with E-state index >= 15 is 0 Å². The van der Waals surface area contributed by atoms with Gasteiger partial charge in [-0.1, -0.05) is 22.0 Å². The Morgan fingerprint density at radius 3 is 3.00 bits per heavy atom. The standard InChI is InChI=1S/C13H15BrN2S2/c1-9-7-18-13(16-9)6-11(15)8-17-12-4-2-3-10(14)5-12/h2-5,7,11H,6,8,15H2,1H3. The Bertz CT molecular complexity index is 513. The first kappa shape index (κ1) is 14.1. The Morgan fingerprint density at radius 1 is 1.50 bits per heavy atom. The van der Waals surface area contributed by atoms with Gasteiger partial charge in [0.2, 0.25) is 0 Å². The minimum atomic E-state index is 0.152. The zero-order chi connectivity index (χ0) is 13.0. The zero-order valence-electron chi connectivity index (χ0n) is 10.1. The van der Waals surface area contributed by atoms with Gasteiger partial charge >= 0.3 is 0 Å². The van der Waals surface area contributed by atoms with Gasteiger partial charge in [-0.25, -0.2) is 4.98 Å². The summed E-state index contributed by atoms with van der Waals surface area (Å²) in [7, 11) is 0. The zero-order valence-corrected chi connectivity index (χ0v) is 13.3. The second-order valence-corrected chi connectivity index (χ2v) is 7.07. The van der Waals surface area contributed by atoms with Crippen molar-refractivity contribution >= 4 is 39.0 Å². The molecule has 1 unspecified atom stereocenters. The lowest BCUT2D eigenvalue weighted by Crippen LogP contribution is -2.25. The maximum absolute atomic E-state index is 6.13. The molecule has 1 heterocycles. The number of halogens is 1. The van der Waals surface area contributed by atoms with E-state index in [1.165, 1.54) is 4.90 Å². The fourth-order valence-corrected chi connectivity index (χ4v) is 3.87. The molecule has 1 aromatic carbocycles. The van der Waals surface area contributed by atoms with Crippen molar-refractivity contribution in [2.45, 2.75) is 24.3 Å². The molecule has 1 aromatic heterocycles. The van der Waals surface area contributed by atoms with Crippen molar-refractivity contribution in [1.82, 2.24) is 4.98 Å². The van der Waals surface area contributed by atoms with Gasteiger partial charge in [-0.3, -0.25) is 0 Å².